The number of hydrazone groups is 1. The van der Waals surface area contributed by atoms with E-state index in [4.69, 9.17) is 4.74 Å². The van der Waals surface area contributed by atoms with Crippen LogP contribution >= 0.6 is 0 Å². The summed E-state index contributed by atoms with van der Waals surface area (Å²) in [7, 11) is -1.70. The molecule has 0 amide bonds. The first kappa shape index (κ1) is 23.7. The molecule has 168 valence electrons. The van der Waals surface area contributed by atoms with E-state index in [9.17, 15) is 20.1 Å². The monoisotopic (exact) mass is 445 g/mol. The van der Waals surface area contributed by atoms with Gasteiger partial charge in [-0.15, -0.1) is 0 Å². The Morgan fingerprint density at radius 2 is 2.06 bits per heavy atom. The molecular formula is C23H24BN5O4. The normalized spacial score (nSPS) is 10.8. The molecule has 33 heavy (non-hydrogen) atoms. The van der Waals surface area contributed by atoms with Crippen LogP contribution in [0.4, 0.5) is 5.95 Å². The molecule has 0 fully saturated rings. The predicted molar refractivity (Wildman–Crippen MR) is 128 cm³/mol. The first-order chi connectivity index (χ1) is 15.9. The Bertz CT molecular complexity index is 1240. The number of rotatable bonds is 9. The first-order valence-corrected chi connectivity index (χ1v) is 10.5. The highest BCUT2D eigenvalue weighted by Gasteiger charge is 2.20. The molecule has 0 aliphatic heterocycles. The van der Waals surface area contributed by atoms with Crippen molar-refractivity contribution < 1.29 is 14.8 Å². The molecule has 2 aromatic carbocycles. The number of benzene rings is 2. The number of ether oxygens (including phenoxy) is 1. The third-order valence-corrected chi connectivity index (χ3v) is 4.77. The van der Waals surface area contributed by atoms with E-state index in [1.165, 1.54) is 6.21 Å². The topological polar surface area (TPSA) is 144 Å². The van der Waals surface area contributed by atoms with Crippen molar-refractivity contribution in [1.82, 2.24) is 9.97 Å². The van der Waals surface area contributed by atoms with Crippen LogP contribution in [-0.2, 0) is 0 Å². The Morgan fingerprint density at radius 3 is 2.73 bits per heavy atom. The lowest BCUT2D eigenvalue weighted by Gasteiger charge is -2.15. The number of hydrogen-bond acceptors (Lipinski definition) is 8. The summed E-state index contributed by atoms with van der Waals surface area (Å²) in [5.74, 6) is 0.374. The van der Waals surface area contributed by atoms with Gasteiger partial charge in [0.15, 0.2) is 0 Å². The van der Waals surface area contributed by atoms with Gasteiger partial charge in [-0.3, -0.25) is 9.78 Å². The molecule has 4 N–H and O–H groups in total. The summed E-state index contributed by atoms with van der Waals surface area (Å²) >= 11 is 0. The van der Waals surface area contributed by atoms with Crippen molar-refractivity contribution in [2.75, 3.05) is 12.0 Å². The van der Waals surface area contributed by atoms with Crippen LogP contribution in [0.5, 0.6) is 5.75 Å². The maximum absolute atomic E-state index is 12.4. The number of H-pyrrole nitrogens is 1. The van der Waals surface area contributed by atoms with E-state index in [0.29, 0.717) is 23.5 Å². The summed E-state index contributed by atoms with van der Waals surface area (Å²) in [5, 5.41) is 33.1. The fourth-order valence-electron chi connectivity index (χ4n) is 3.20. The van der Waals surface area contributed by atoms with Crippen LogP contribution in [0.15, 0.2) is 52.4 Å². The summed E-state index contributed by atoms with van der Waals surface area (Å²) in [6, 6.07) is 14.2. The van der Waals surface area contributed by atoms with Crippen molar-refractivity contribution >= 4 is 24.7 Å². The standard InChI is InChI=1S/C23H24BN5O4/c1-3-4-10-33-21-17(11-15(2)12-19(21)24(31)32)14-26-29-23-27-20(16-8-6-5-7-9-16)18(13-25)22(30)28-23/h5-9,11-12,14,31-32H,3-4,10H2,1-2H3,(H2,27,28,29,30). The fraction of sp³-hybridized carbons (Fsp3) is 0.217. The highest BCUT2D eigenvalue weighted by Crippen LogP contribution is 2.20. The van der Waals surface area contributed by atoms with Gasteiger partial charge in [-0.2, -0.15) is 10.4 Å². The van der Waals surface area contributed by atoms with Crippen molar-refractivity contribution in [1.29, 1.82) is 5.26 Å². The maximum atomic E-state index is 12.4. The van der Waals surface area contributed by atoms with Crippen molar-refractivity contribution in [2.45, 2.75) is 26.7 Å². The van der Waals surface area contributed by atoms with Crippen molar-refractivity contribution in [3.8, 4) is 23.1 Å². The van der Waals surface area contributed by atoms with Gasteiger partial charge < -0.3 is 14.8 Å². The molecule has 0 unspecified atom stereocenters. The van der Waals surface area contributed by atoms with Crippen LogP contribution in [0.1, 0.15) is 36.5 Å². The average Bonchev–Trinajstić information content (AvgIpc) is 2.80. The molecule has 0 aliphatic rings. The third kappa shape index (κ3) is 5.86. The van der Waals surface area contributed by atoms with Crippen molar-refractivity contribution in [3.05, 3.63) is 69.5 Å². The molecule has 0 saturated heterocycles. The molecule has 3 rings (SSSR count). The Labute approximate surface area is 191 Å². The van der Waals surface area contributed by atoms with Gasteiger partial charge in [-0.25, -0.2) is 10.4 Å². The number of nitriles is 1. The minimum atomic E-state index is -1.70. The van der Waals surface area contributed by atoms with Crippen molar-refractivity contribution in [2.24, 2.45) is 5.10 Å². The van der Waals surface area contributed by atoms with Crippen molar-refractivity contribution in [3.63, 3.8) is 0 Å². The van der Waals surface area contributed by atoms with Gasteiger partial charge in [0.25, 0.3) is 5.56 Å². The van der Waals surface area contributed by atoms with Gasteiger partial charge in [-0.05, 0) is 19.4 Å². The van der Waals surface area contributed by atoms with E-state index in [1.807, 2.05) is 26.0 Å². The molecule has 0 spiro atoms. The van der Waals surface area contributed by atoms with Gasteiger partial charge in [0.2, 0.25) is 5.95 Å². The van der Waals surface area contributed by atoms with Gasteiger partial charge in [-0.1, -0.05) is 55.3 Å². The average molecular weight is 445 g/mol. The molecule has 1 heterocycles. The lowest BCUT2D eigenvalue weighted by atomic mass is 9.77. The molecule has 10 heteroatoms. The van der Waals surface area contributed by atoms with E-state index in [2.05, 4.69) is 20.5 Å². The zero-order chi connectivity index (χ0) is 23.8. The number of aryl methyl sites for hydroxylation is 1. The number of anilines is 1. The van der Waals surface area contributed by atoms with Crippen LogP contribution in [0.25, 0.3) is 11.3 Å². The van der Waals surface area contributed by atoms with E-state index in [0.717, 1.165) is 18.4 Å². The number of aromatic amines is 1. The summed E-state index contributed by atoms with van der Waals surface area (Å²) in [6.07, 6.45) is 3.18. The molecule has 9 nitrogen and oxygen atoms in total. The number of nitrogens with zero attached hydrogens (tertiary/aromatic N) is 3. The highest BCUT2D eigenvalue weighted by atomic mass is 16.5. The summed E-state index contributed by atoms with van der Waals surface area (Å²) in [6.45, 7) is 4.26. The molecule has 0 aliphatic carbocycles. The second-order valence-corrected chi connectivity index (χ2v) is 7.33. The molecular weight excluding hydrogens is 421 g/mol. The van der Waals surface area contributed by atoms with Crippen LogP contribution in [0.2, 0.25) is 0 Å². The summed E-state index contributed by atoms with van der Waals surface area (Å²) in [5.41, 5.74) is 4.41. The maximum Gasteiger partial charge on any atom is 0.492 e. The number of hydrogen-bond donors (Lipinski definition) is 4. The summed E-state index contributed by atoms with van der Waals surface area (Å²) < 4.78 is 5.81. The van der Waals surface area contributed by atoms with E-state index < -0.39 is 12.7 Å². The molecule has 1 aromatic heterocycles. The molecule has 0 radical (unpaired) electrons. The van der Waals surface area contributed by atoms with E-state index in [1.54, 1.807) is 36.4 Å². The Hall–Kier alpha value is -3.94. The fourth-order valence-corrected chi connectivity index (χ4v) is 3.20. The van der Waals surface area contributed by atoms with Gasteiger partial charge in [0.1, 0.15) is 17.4 Å². The number of unbranched alkanes of at least 4 members (excludes halogenated alkanes) is 1. The number of aromatic nitrogens is 2. The predicted octanol–water partition coefficient (Wildman–Crippen LogP) is 1.92. The number of nitrogens with one attached hydrogen (secondary N) is 2. The quantitative estimate of drug-likeness (QED) is 0.171. The molecule has 3 aromatic rings. The lowest BCUT2D eigenvalue weighted by molar-refractivity contribution is 0.309. The molecule has 0 bridgehead atoms. The Morgan fingerprint density at radius 1 is 1.30 bits per heavy atom. The zero-order valence-corrected chi connectivity index (χ0v) is 18.4. The smallest absolute Gasteiger partial charge is 0.492 e. The molecule has 0 saturated carbocycles. The third-order valence-electron chi connectivity index (χ3n) is 4.77. The second-order valence-electron chi connectivity index (χ2n) is 7.33. The first-order valence-electron chi connectivity index (χ1n) is 10.5. The molecule has 0 atom stereocenters. The van der Waals surface area contributed by atoms with E-state index >= 15 is 0 Å². The summed E-state index contributed by atoms with van der Waals surface area (Å²) in [4.78, 5) is 19.2. The zero-order valence-electron chi connectivity index (χ0n) is 18.4. The van der Waals surface area contributed by atoms with Crippen LogP contribution in [0, 0.1) is 18.3 Å². The minimum absolute atomic E-state index is 0.0534. The minimum Gasteiger partial charge on any atom is -0.493 e. The SMILES string of the molecule is CCCCOc1c(C=NNc2nc(-c3ccccc3)c(C#N)c(=O)[nH]2)cc(C)cc1B(O)O. The largest absolute Gasteiger partial charge is 0.493 e. The van der Waals surface area contributed by atoms with E-state index in [-0.39, 0.29) is 22.7 Å². The van der Waals surface area contributed by atoms with Crippen LogP contribution in [-0.4, -0.2) is 40.0 Å². The highest BCUT2D eigenvalue weighted by molar-refractivity contribution is 6.60. The Kier molecular flexibility index (Phi) is 7.97. The van der Waals surface area contributed by atoms with Crippen LogP contribution < -0.4 is 21.2 Å². The lowest BCUT2D eigenvalue weighted by Crippen LogP contribution is -2.32. The van der Waals surface area contributed by atoms with Crippen LogP contribution in [0.3, 0.4) is 0 Å². The second kappa shape index (κ2) is 11.1. The van der Waals surface area contributed by atoms with Gasteiger partial charge in [0, 0.05) is 16.6 Å². The Balaban J connectivity index is 1.93. The van der Waals surface area contributed by atoms with Gasteiger partial charge in [0.05, 0.1) is 18.5 Å². The van der Waals surface area contributed by atoms with Gasteiger partial charge >= 0.3 is 7.12 Å².